The first-order valence-corrected chi connectivity index (χ1v) is 9.32. The van der Waals surface area contributed by atoms with Gasteiger partial charge in [-0.3, -0.25) is 9.89 Å². The predicted molar refractivity (Wildman–Crippen MR) is 116 cm³/mol. The molecule has 1 heterocycles. The molecule has 1 unspecified atom stereocenters. The van der Waals surface area contributed by atoms with Gasteiger partial charge in [0.15, 0.2) is 5.96 Å². The molecule has 0 aromatic heterocycles. The van der Waals surface area contributed by atoms with Crippen molar-refractivity contribution in [1.29, 1.82) is 0 Å². The molecule has 0 radical (unpaired) electrons. The fraction of sp³-hybridized carbons (Fsp3) is 0.944. The van der Waals surface area contributed by atoms with Gasteiger partial charge in [-0.25, -0.2) is 0 Å². The zero-order chi connectivity index (χ0) is 17.8. The SMILES string of the molecule is CCNC(=NCC(OC)C(C)(C)C)NCCCCN1CCOCC1.I. The maximum Gasteiger partial charge on any atom is 0.191 e. The first-order chi connectivity index (χ1) is 11.5. The van der Waals surface area contributed by atoms with Crippen LogP contribution in [0.2, 0.25) is 0 Å². The molecule has 0 aromatic carbocycles. The van der Waals surface area contributed by atoms with Crippen molar-refractivity contribution in [3.63, 3.8) is 0 Å². The van der Waals surface area contributed by atoms with Crippen LogP contribution in [0.1, 0.15) is 40.5 Å². The Hall–Kier alpha value is -0.120. The first kappa shape index (κ1) is 24.9. The van der Waals surface area contributed by atoms with Crippen LogP contribution in [-0.4, -0.2) is 76.6 Å². The van der Waals surface area contributed by atoms with Crippen LogP contribution in [-0.2, 0) is 9.47 Å². The highest BCUT2D eigenvalue weighted by Gasteiger charge is 2.24. The monoisotopic (exact) mass is 470 g/mol. The van der Waals surface area contributed by atoms with Crippen LogP contribution in [0, 0.1) is 5.41 Å². The Morgan fingerprint density at radius 2 is 1.88 bits per heavy atom. The Morgan fingerprint density at radius 1 is 1.20 bits per heavy atom. The van der Waals surface area contributed by atoms with E-state index in [2.05, 4.69) is 48.2 Å². The molecule has 0 spiro atoms. The van der Waals surface area contributed by atoms with Crippen molar-refractivity contribution in [2.75, 3.05) is 59.6 Å². The van der Waals surface area contributed by atoms with Crippen LogP contribution in [0.15, 0.2) is 4.99 Å². The van der Waals surface area contributed by atoms with Gasteiger partial charge in [-0.05, 0) is 31.7 Å². The van der Waals surface area contributed by atoms with Crippen molar-refractivity contribution in [3.05, 3.63) is 0 Å². The summed E-state index contributed by atoms with van der Waals surface area (Å²) in [7, 11) is 1.76. The van der Waals surface area contributed by atoms with Crippen molar-refractivity contribution in [2.45, 2.75) is 46.6 Å². The van der Waals surface area contributed by atoms with Crippen LogP contribution >= 0.6 is 24.0 Å². The van der Waals surface area contributed by atoms with Gasteiger partial charge < -0.3 is 20.1 Å². The highest BCUT2D eigenvalue weighted by atomic mass is 127. The van der Waals surface area contributed by atoms with E-state index in [-0.39, 0.29) is 35.5 Å². The number of nitrogens with zero attached hydrogens (tertiary/aromatic N) is 2. The fourth-order valence-corrected chi connectivity index (χ4v) is 2.71. The number of rotatable bonds is 9. The number of guanidine groups is 1. The summed E-state index contributed by atoms with van der Waals surface area (Å²) in [6.07, 6.45) is 2.47. The van der Waals surface area contributed by atoms with Crippen LogP contribution in [0.5, 0.6) is 0 Å². The average Bonchev–Trinajstić information content (AvgIpc) is 2.54. The summed E-state index contributed by atoms with van der Waals surface area (Å²) in [5.41, 5.74) is 0.0910. The number of aliphatic imine (C=N–C) groups is 1. The van der Waals surface area contributed by atoms with Gasteiger partial charge in [0.05, 0.1) is 25.9 Å². The minimum atomic E-state index is 0. The highest BCUT2D eigenvalue weighted by Crippen LogP contribution is 2.21. The molecule has 1 aliphatic heterocycles. The average molecular weight is 470 g/mol. The largest absolute Gasteiger partial charge is 0.379 e. The van der Waals surface area contributed by atoms with Gasteiger partial charge >= 0.3 is 0 Å². The number of unbranched alkanes of at least 4 members (excludes halogenated alkanes) is 1. The summed E-state index contributed by atoms with van der Waals surface area (Å²) >= 11 is 0. The standard InChI is InChI=1S/C18H38N4O2.HI/c1-6-19-17(21-15-16(23-5)18(2,3)4)20-9-7-8-10-22-11-13-24-14-12-22;/h16H,6-15H2,1-5H3,(H2,19,20,21);1H. The minimum absolute atomic E-state index is 0. The molecule has 2 N–H and O–H groups in total. The second-order valence-corrected chi connectivity index (χ2v) is 7.40. The van der Waals surface area contributed by atoms with E-state index in [1.807, 2.05) is 0 Å². The molecular formula is C18H39IN4O2. The molecule has 1 saturated heterocycles. The lowest BCUT2D eigenvalue weighted by Gasteiger charge is -2.28. The smallest absolute Gasteiger partial charge is 0.191 e. The third-order valence-electron chi connectivity index (χ3n) is 4.31. The van der Waals surface area contributed by atoms with E-state index < -0.39 is 0 Å². The molecule has 0 amide bonds. The molecule has 7 heteroatoms. The molecule has 1 aliphatic rings. The number of methoxy groups -OCH3 is 1. The number of hydrogen-bond donors (Lipinski definition) is 2. The predicted octanol–water partition coefficient (Wildman–Crippen LogP) is 2.33. The van der Waals surface area contributed by atoms with Gasteiger partial charge in [0.25, 0.3) is 0 Å². The Balaban J connectivity index is 0.00000576. The minimum Gasteiger partial charge on any atom is -0.379 e. The number of ether oxygens (including phenoxy) is 2. The van der Waals surface area contributed by atoms with Gasteiger partial charge in [-0.2, -0.15) is 0 Å². The van der Waals surface area contributed by atoms with Crippen LogP contribution in [0.25, 0.3) is 0 Å². The first-order valence-electron chi connectivity index (χ1n) is 9.32. The second-order valence-electron chi connectivity index (χ2n) is 7.40. The molecule has 0 bridgehead atoms. The molecular weight excluding hydrogens is 431 g/mol. The molecule has 150 valence electrons. The summed E-state index contributed by atoms with van der Waals surface area (Å²) in [5.74, 6) is 0.884. The zero-order valence-electron chi connectivity index (χ0n) is 16.8. The van der Waals surface area contributed by atoms with Crippen molar-refractivity contribution in [1.82, 2.24) is 15.5 Å². The van der Waals surface area contributed by atoms with E-state index in [1.165, 1.54) is 6.42 Å². The number of hydrogen-bond acceptors (Lipinski definition) is 4. The molecule has 25 heavy (non-hydrogen) atoms. The summed E-state index contributed by atoms with van der Waals surface area (Å²) in [6.45, 7) is 16.2. The Morgan fingerprint density at radius 3 is 2.44 bits per heavy atom. The molecule has 0 saturated carbocycles. The molecule has 1 fully saturated rings. The fourth-order valence-electron chi connectivity index (χ4n) is 2.71. The normalized spacial score (nSPS) is 17.7. The van der Waals surface area contributed by atoms with Crippen LogP contribution in [0.3, 0.4) is 0 Å². The van der Waals surface area contributed by atoms with E-state index in [1.54, 1.807) is 7.11 Å². The number of morpholine rings is 1. The van der Waals surface area contributed by atoms with Gasteiger partial charge in [0, 0.05) is 33.3 Å². The molecule has 0 aliphatic carbocycles. The molecule has 6 nitrogen and oxygen atoms in total. The van der Waals surface area contributed by atoms with Gasteiger partial charge in [0.2, 0.25) is 0 Å². The van der Waals surface area contributed by atoms with E-state index in [4.69, 9.17) is 9.47 Å². The Kier molecular flexibility index (Phi) is 13.9. The summed E-state index contributed by atoms with van der Waals surface area (Å²) in [5, 5.41) is 6.74. The van der Waals surface area contributed by atoms with Crippen molar-refractivity contribution in [3.8, 4) is 0 Å². The second kappa shape index (κ2) is 14.0. The quantitative estimate of drug-likeness (QED) is 0.235. The lowest BCUT2D eigenvalue weighted by molar-refractivity contribution is 0.0241. The third kappa shape index (κ3) is 11.2. The van der Waals surface area contributed by atoms with Gasteiger partial charge in [0.1, 0.15) is 0 Å². The van der Waals surface area contributed by atoms with Crippen molar-refractivity contribution < 1.29 is 9.47 Å². The van der Waals surface area contributed by atoms with E-state index in [0.29, 0.717) is 6.54 Å². The topological polar surface area (TPSA) is 58.1 Å². The zero-order valence-corrected chi connectivity index (χ0v) is 19.1. The Labute approximate surface area is 171 Å². The van der Waals surface area contributed by atoms with E-state index in [0.717, 1.165) is 58.3 Å². The van der Waals surface area contributed by atoms with E-state index >= 15 is 0 Å². The number of nitrogens with one attached hydrogen (secondary N) is 2. The summed E-state index contributed by atoms with van der Waals surface area (Å²) < 4.78 is 11.0. The highest BCUT2D eigenvalue weighted by molar-refractivity contribution is 14.0. The molecule has 1 atom stereocenters. The summed E-state index contributed by atoms with van der Waals surface area (Å²) in [6, 6.07) is 0. The van der Waals surface area contributed by atoms with E-state index in [9.17, 15) is 0 Å². The third-order valence-corrected chi connectivity index (χ3v) is 4.31. The van der Waals surface area contributed by atoms with Gasteiger partial charge in [-0.15, -0.1) is 24.0 Å². The summed E-state index contributed by atoms with van der Waals surface area (Å²) in [4.78, 5) is 7.16. The van der Waals surface area contributed by atoms with Crippen molar-refractivity contribution in [2.24, 2.45) is 10.4 Å². The van der Waals surface area contributed by atoms with Crippen LogP contribution < -0.4 is 10.6 Å². The van der Waals surface area contributed by atoms with Crippen molar-refractivity contribution >= 4 is 29.9 Å². The molecule has 1 rings (SSSR count). The molecule has 0 aromatic rings. The lowest BCUT2D eigenvalue weighted by Crippen LogP contribution is -2.40. The van der Waals surface area contributed by atoms with Gasteiger partial charge in [-0.1, -0.05) is 20.8 Å². The maximum atomic E-state index is 5.58. The Bertz CT molecular complexity index is 355. The van der Waals surface area contributed by atoms with Crippen LogP contribution in [0.4, 0.5) is 0 Å². The number of halogens is 1. The maximum absolute atomic E-state index is 5.58. The lowest BCUT2D eigenvalue weighted by atomic mass is 9.89.